The normalized spacial score (nSPS) is 10.1. The maximum atomic E-state index is 12.7. The Balaban J connectivity index is 2.42. The number of ether oxygens (including phenoxy) is 1. The van der Waals surface area contributed by atoms with Crippen LogP contribution >= 0.6 is 0 Å². The number of hydrazine groups is 1. The van der Waals surface area contributed by atoms with Gasteiger partial charge in [-0.3, -0.25) is 10.6 Å². The Hall–Kier alpha value is -2.53. The van der Waals surface area contributed by atoms with E-state index in [9.17, 15) is 4.79 Å². The molecule has 0 saturated heterocycles. The molecule has 5 nitrogen and oxygen atoms in total. The summed E-state index contributed by atoms with van der Waals surface area (Å²) < 4.78 is 5.30. The second kappa shape index (κ2) is 6.28. The molecule has 0 saturated carbocycles. The first-order valence-electron chi connectivity index (χ1n) is 6.56. The van der Waals surface area contributed by atoms with Gasteiger partial charge in [-0.1, -0.05) is 23.8 Å². The number of carbonyl (C=O) groups excluding carboxylic acids is 1. The van der Waals surface area contributed by atoms with E-state index in [-0.39, 0.29) is 5.91 Å². The zero-order valence-electron chi connectivity index (χ0n) is 12.4. The molecule has 0 unspecified atom stereocenters. The van der Waals surface area contributed by atoms with Gasteiger partial charge in [0.25, 0.3) is 5.91 Å². The highest BCUT2D eigenvalue weighted by atomic mass is 16.5. The van der Waals surface area contributed by atoms with Crippen LogP contribution in [0.15, 0.2) is 42.5 Å². The number of hydrogen-bond donors (Lipinski definition) is 2. The van der Waals surface area contributed by atoms with E-state index in [2.05, 4.69) is 5.43 Å². The van der Waals surface area contributed by atoms with Gasteiger partial charge in [0.15, 0.2) is 0 Å². The number of nitrogens with two attached hydrogens (primary N) is 1. The summed E-state index contributed by atoms with van der Waals surface area (Å²) >= 11 is 0. The van der Waals surface area contributed by atoms with Gasteiger partial charge >= 0.3 is 0 Å². The maximum absolute atomic E-state index is 12.7. The van der Waals surface area contributed by atoms with Crippen LogP contribution in [0.5, 0.6) is 5.75 Å². The number of nitrogens with one attached hydrogen (secondary N) is 1. The fourth-order valence-electron chi connectivity index (χ4n) is 2.16. The Bertz CT molecular complexity index is 656. The summed E-state index contributed by atoms with van der Waals surface area (Å²) in [6.07, 6.45) is 0. The minimum atomic E-state index is -0.156. The molecular weight excluding hydrogens is 266 g/mol. The number of amides is 1. The van der Waals surface area contributed by atoms with Crippen LogP contribution in [0.25, 0.3) is 0 Å². The number of nitrogen functional groups attached to an aromatic ring is 1. The second-order valence-electron chi connectivity index (χ2n) is 4.73. The molecule has 3 N–H and O–H groups in total. The molecule has 0 heterocycles. The standard InChI is InChI=1S/C16H19N3O2/c1-11-8-9-13(18-17)12(10-11)16(20)19(2)14-6-4-5-7-15(14)21-3/h4-10,18H,17H2,1-3H3. The summed E-state index contributed by atoms with van der Waals surface area (Å²) in [7, 11) is 3.29. The zero-order valence-corrected chi connectivity index (χ0v) is 12.4. The van der Waals surface area contributed by atoms with Crippen molar-refractivity contribution >= 4 is 17.3 Å². The Morgan fingerprint density at radius 2 is 1.95 bits per heavy atom. The number of methoxy groups -OCH3 is 1. The van der Waals surface area contributed by atoms with Gasteiger partial charge in [0.2, 0.25) is 0 Å². The maximum Gasteiger partial charge on any atom is 0.260 e. The van der Waals surface area contributed by atoms with Crippen LogP contribution in [0.1, 0.15) is 15.9 Å². The van der Waals surface area contributed by atoms with Crippen molar-refractivity contribution in [1.82, 2.24) is 0 Å². The van der Waals surface area contributed by atoms with Crippen LogP contribution in [-0.4, -0.2) is 20.1 Å². The van der Waals surface area contributed by atoms with Crippen molar-refractivity contribution < 1.29 is 9.53 Å². The highest BCUT2D eigenvalue weighted by Gasteiger charge is 2.19. The molecule has 0 aliphatic rings. The largest absolute Gasteiger partial charge is 0.495 e. The number of hydrogen-bond acceptors (Lipinski definition) is 4. The molecule has 2 rings (SSSR count). The van der Waals surface area contributed by atoms with Crippen LogP contribution in [0.3, 0.4) is 0 Å². The average Bonchev–Trinajstić information content (AvgIpc) is 2.53. The van der Waals surface area contributed by atoms with E-state index in [1.165, 1.54) is 0 Å². The molecule has 1 amide bonds. The molecule has 0 aliphatic heterocycles. The van der Waals surface area contributed by atoms with E-state index in [0.717, 1.165) is 5.56 Å². The van der Waals surface area contributed by atoms with Gasteiger partial charge < -0.3 is 15.1 Å². The number of anilines is 2. The van der Waals surface area contributed by atoms with E-state index in [1.54, 1.807) is 25.1 Å². The smallest absolute Gasteiger partial charge is 0.260 e. The van der Waals surface area contributed by atoms with Crippen molar-refractivity contribution in [3.63, 3.8) is 0 Å². The molecule has 2 aromatic rings. The molecule has 2 aromatic carbocycles. The van der Waals surface area contributed by atoms with E-state index in [1.807, 2.05) is 43.3 Å². The zero-order chi connectivity index (χ0) is 15.4. The SMILES string of the molecule is COc1ccccc1N(C)C(=O)c1cc(C)ccc1NN. The summed E-state index contributed by atoms with van der Waals surface area (Å²) in [6.45, 7) is 1.93. The third-order valence-electron chi connectivity index (χ3n) is 3.31. The summed E-state index contributed by atoms with van der Waals surface area (Å²) in [5, 5.41) is 0. The van der Waals surface area contributed by atoms with E-state index in [4.69, 9.17) is 10.6 Å². The minimum absolute atomic E-state index is 0.156. The highest BCUT2D eigenvalue weighted by Crippen LogP contribution is 2.29. The lowest BCUT2D eigenvalue weighted by molar-refractivity contribution is 0.0993. The minimum Gasteiger partial charge on any atom is -0.495 e. The molecule has 110 valence electrons. The van der Waals surface area contributed by atoms with Gasteiger partial charge in [-0.05, 0) is 31.2 Å². The molecule has 5 heteroatoms. The lowest BCUT2D eigenvalue weighted by atomic mass is 10.1. The first-order chi connectivity index (χ1) is 10.1. The summed E-state index contributed by atoms with van der Waals surface area (Å²) in [5.41, 5.74) is 5.36. The Morgan fingerprint density at radius 3 is 2.62 bits per heavy atom. The van der Waals surface area contributed by atoms with Gasteiger partial charge in [0, 0.05) is 7.05 Å². The van der Waals surface area contributed by atoms with E-state index in [0.29, 0.717) is 22.7 Å². The molecule has 0 aliphatic carbocycles. The predicted octanol–water partition coefficient (Wildman–Crippen LogP) is 2.57. The quantitative estimate of drug-likeness (QED) is 0.669. The number of rotatable bonds is 4. The van der Waals surface area contributed by atoms with Crippen molar-refractivity contribution in [2.45, 2.75) is 6.92 Å². The summed E-state index contributed by atoms with van der Waals surface area (Å²) in [4.78, 5) is 14.3. The third kappa shape index (κ3) is 2.98. The van der Waals surface area contributed by atoms with Gasteiger partial charge in [-0.2, -0.15) is 0 Å². The first kappa shape index (κ1) is 14.9. The Labute approximate surface area is 124 Å². The molecule has 0 atom stereocenters. The molecule has 0 spiro atoms. The van der Waals surface area contributed by atoms with Crippen molar-refractivity contribution in [1.29, 1.82) is 0 Å². The molecule has 21 heavy (non-hydrogen) atoms. The monoisotopic (exact) mass is 285 g/mol. The number of carbonyl (C=O) groups is 1. The lowest BCUT2D eigenvalue weighted by Gasteiger charge is -2.21. The average molecular weight is 285 g/mol. The van der Waals surface area contributed by atoms with Crippen LogP contribution in [0.4, 0.5) is 11.4 Å². The van der Waals surface area contributed by atoms with Crippen LogP contribution in [0.2, 0.25) is 0 Å². The molecule has 0 aromatic heterocycles. The van der Waals surface area contributed by atoms with Gasteiger partial charge in [-0.25, -0.2) is 0 Å². The van der Waals surface area contributed by atoms with E-state index >= 15 is 0 Å². The molecule has 0 radical (unpaired) electrons. The Kier molecular flexibility index (Phi) is 4.45. The lowest BCUT2D eigenvalue weighted by Crippen LogP contribution is -2.28. The number of aryl methyl sites for hydroxylation is 1. The molecule has 0 bridgehead atoms. The third-order valence-corrected chi connectivity index (χ3v) is 3.31. The predicted molar refractivity (Wildman–Crippen MR) is 84.7 cm³/mol. The number of benzene rings is 2. The topological polar surface area (TPSA) is 67.6 Å². The molecule has 0 fully saturated rings. The van der Waals surface area contributed by atoms with Gasteiger partial charge in [-0.15, -0.1) is 0 Å². The van der Waals surface area contributed by atoms with Crippen LogP contribution in [0, 0.1) is 6.92 Å². The van der Waals surface area contributed by atoms with Crippen molar-refractivity contribution in [2.75, 3.05) is 24.5 Å². The fraction of sp³-hybridized carbons (Fsp3) is 0.188. The second-order valence-corrected chi connectivity index (χ2v) is 4.73. The Morgan fingerprint density at radius 1 is 1.24 bits per heavy atom. The van der Waals surface area contributed by atoms with Crippen LogP contribution in [-0.2, 0) is 0 Å². The fourth-order valence-corrected chi connectivity index (χ4v) is 2.16. The van der Waals surface area contributed by atoms with Crippen molar-refractivity contribution in [3.05, 3.63) is 53.6 Å². The number of nitrogens with zero attached hydrogens (tertiary/aromatic N) is 1. The van der Waals surface area contributed by atoms with Gasteiger partial charge in [0.1, 0.15) is 5.75 Å². The van der Waals surface area contributed by atoms with Gasteiger partial charge in [0.05, 0.1) is 24.0 Å². The van der Waals surface area contributed by atoms with Crippen LogP contribution < -0.4 is 20.9 Å². The van der Waals surface area contributed by atoms with Crippen molar-refractivity contribution in [2.24, 2.45) is 5.84 Å². The molecular formula is C16H19N3O2. The highest BCUT2D eigenvalue weighted by molar-refractivity contribution is 6.10. The first-order valence-corrected chi connectivity index (χ1v) is 6.56. The number of para-hydroxylation sites is 2. The van der Waals surface area contributed by atoms with Crippen molar-refractivity contribution in [3.8, 4) is 5.75 Å². The summed E-state index contributed by atoms with van der Waals surface area (Å²) in [5.74, 6) is 5.97. The van der Waals surface area contributed by atoms with E-state index < -0.39 is 0 Å². The summed E-state index contributed by atoms with van der Waals surface area (Å²) in [6, 6.07) is 12.9.